The van der Waals surface area contributed by atoms with Gasteiger partial charge < -0.3 is 5.32 Å². The van der Waals surface area contributed by atoms with Crippen molar-refractivity contribution < 1.29 is 4.79 Å². The second kappa shape index (κ2) is 6.66. The highest BCUT2D eigenvalue weighted by molar-refractivity contribution is 5.97. The molecule has 0 saturated carbocycles. The van der Waals surface area contributed by atoms with Gasteiger partial charge in [0.25, 0.3) is 11.5 Å². The first-order valence-corrected chi connectivity index (χ1v) is 7.96. The van der Waals surface area contributed by atoms with Crippen LogP contribution in [0.3, 0.4) is 0 Å². The number of carbonyl (C=O) groups is 1. The monoisotopic (exact) mass is 321 g/mol. The zero-order chi connectivity index (χ0) is 17.1. The molecule has 0 spiro atoms. The zero-order valence-electron chi connectivity index (χ0n) is 13.7. The predicted octanol–water partition coefficient (Wildman–Crippen LogP) is 2.91. The molecule has 5 heteroatoms. The summed E-state index contributed by atoms with van der Waals surface area (Å²) in [5.41, 5.74) is 1.41. The van der Waals surface area contributed by atoms with Gasteiger partial charge in [0, 0.05) is 18.1 Å². The maximum absolute atomic E-state index is 12.6. The van der Waals surface area contributed by atoms with E-state index in [2.05, 4.69) is 10.3 Å². The van der Waals surface area contributed by atoms with Gasteiger partial charge in [0.2, 0.25) is 0 Å². The lowest BCUT2D eigenvalue weighted by molar-refractivity contribution is 0.0938. The van der Waals surface area contributed by atoms with Crippen LogP contribution in [0.15, 0.2) is 59.5 Å². The molecular weight excluding hydrogens is 302 g/mol. The third-order valence-corrected chi connectivity index (χ3v) is 4.06. The van der Waals surface area contributed by atoms with Crippen LogP contribution in [0.4, 0.5) is 0 Å². The molecule has 0 radical (unpaired) electrons. The third kappa shape index (κ3) is 2.93. The molecule has 5 nitrogen and oxygen atoms in total. The maximum Gasteiger partial charge on any atom is 0.265 e. The number of rotatable bonds is 4. The molecule has 0 fully saturated rings. The normalized spacial score (nSPS) is 12.1. The van der Waals surface area contributed by atoms with Crippen molar-refractivity contribution in [2.75, 3.05) is 0 Å². The topological polar surface area (TPSA) is 64.0 Å². The SMILES string of the molecule is CCn1c(=O)c(C(=O)NC(C)c2ccccc2)cc2cccnc21. The fraction of sp³-hybridized carbons (Fsp3) is 0.211. The second-order valence-corrected chi connectivity index (χ2v) is 5.63. The highest BCUT2D eigenvalue weighted by Crippen LogP contribution is 2.14. The van der Waals surface area contributed by atoms with Crippen molar-refractivity contribution >= 4 is 16.9 Å². The molecule has 1 atom stereocenters. The Labute approximate surface area is 140 Å². The molecule has 24 heavy (non-hydrogen) atoms. The highest BCUT2D eigenvalue weighted by Gasteiger charge is 2.17. The molecular formula is C19H19N3O2. The van der Waals surface area contributed by atoms with Gasteiger partial charge in [-0.2, -0.15) is 0 Å². The van der Waals surface area contributed by atoms with E-state index in [1.165, 1.54) is 4.57 Å². The first kappa shape index (κ1) is 15.9. The number of amides is 1. The first-order chi connectivity index (χ1) is 11.6. The minimum absolute atomic E-state index is 0.139. The molecule has 2 aromatic heterocycles. The summed E-state index contributed by atoms with van der Waals surface area (Å²) >= 11 is 0. The average molecular weight is 321 g/mol. The van der Waals surface area contributed by atoms with E-state index < -0.39 is 0 Å². The van der Waals surface area contributed by atoms with E-state index in [1.54, 1.807) is 18.3 Å². The number of hydrogen-bond donors (Lipinski definition) is 1. The summed E-state index contributed by atoms with van der Waals surface area (Å²) in [6.07, 6.45) is 1.64. The van der Waals surface area contributed by atoms with E-state index in [-0.39, 0.29) is 23.1 Å². The lowest BCUT2D eigenvalue weighted by Crippen LogP contribution is -2.34. The summed E-state index contributed by atoms with van der Waals surface area (Å²) in [4.78, 5) is 29.5. The summed E-state index contributed by atoms with van der Waals surface area (Å²) in [6, 6.07) is 14.7. The van der Waals surface area contributed by atoms with Crippen LogP contribution in [-0.4, -0.2) is 15.5 Å². The molecule has 2 heterocycles. The van der Waals surface area contributed by atoms with Crippen molar-refractivity contribution in [3.63, 3.8) is 0 Å². The largest absolute Gasteiger partial charge is 0.345 e. The van der Waals surface area contributed by atoms with Crippen molar-refractivity contribution in [1.82, 2.24) is 14.9 Å². The van der Waals surface area contributed by atoms with Crippen LogP contribution in [0, 0.1) is 0 Å². The molecule has 1 unspecified atom stereocenters. The van der Waals surface area contributed by atoms with E-state index in [1.807, 2.05) is 50.2 Å². The Morgan fingerprint density at radius 1 is 1.21 bits per heavy atom. The number of nitrogens with one attached hydrogen (secondary N) is 1. The standard InChI is InChI=1S/C19H19N3O2/c1-3-22-17-15(10-7-11-20-17)12-16(19(22)24)18(23)21-13(2)14-8-5-4-6-9-14/h4-13H,3H2,1-2H3,(H,21,23). The van der Waals surface area contributed by atoms with Gasteiger partial charge >= 0.3 is 0 Å². The Morgan fingerprint density at radius 2 is 1.96 bits per heavy atom. The van der Waals surface area contributed by atoms with Gasteiger partial charge in [-0.05, 0) is 37.6 Å². The lowest BCUT2D eigenvalue weighted by atomic mass is 10.1. The summed E-state index contributed by atoms with van der Waals surface area (Å²) in [7, 11) is 0. The summed E-state index contributed by atoms with van der Waals surface area (Å²) < 4.78 is 1.53. The van der Waals surface area contributed by atoms with Crippen LogP contribution >= 0.6 is 0 Å². The average Bonchev–Trinajstić information content (AvgIpc) is 2.61. The van der Waals surface area contributed by atoms with Gasteiger partial charge in [-0.25, -0.2) is 4.98 Å². The van der Waals surface area contributed by atoms with Crippen LogP contribution in [0.1, 0.15) is 35.8 Å². The highest BCUT2D eigenvalue weighted by atomic mass is 16.2. The fourth-order valence-electron chi connectivity index (χ4n) is 2.76. The number of fused-ring (bicyclic) bond motifs is 1. The van der Waals surface area contributed by atoms with Gasteiger partial charge in [-0.3, -0.25) is 14.2 Å². The van der Waals surface area contributed by atoms with Crippen molar-refractivity contribution in [2.24, 2.45) is 0 Å². The number of carbonyl (C=O) groups excluding carboxylic acids is 1. The quantitative estimate of drug-likeness (QED) is 0.803. The Hall–Kier alpha value is -2.95. The predicted molar refractivity (Wildman–Crippen MR) is 94.0 cm³/mol. The smallest absolute Gasteiger partial charge is 0.265 e. The van der Waals surface area contributed by atoms with Crippen LogP contribution in [0.25, 0.3) is 11.0 Å². The third-order valence-electron chi connectivity index (χ3n) is 4.06. The van der Waals surface area contributed by atoms with Gasteiger partial charge in [-0.1, -0.05) is 30.3 Å². The van der Waals surface area contributed by atoms with Gasteiger partial charge in [0.15, 0.2) is 0 Å². The van der Waals surface area contributed by atoms with Crippen molar-refractivity contribution in [3.8, 4) is 0 Å². The number of benzene rings is 1. The summed E-state index contributed by atoms with van der Waals surface area (Å²) in [5.74, 6) is -0.371. The Morgan fingerprint density at radius 3 is 2.67 bits per heavy atom. The molecule has 3 rings (SSSR count). The summed E-state index contributed by atoms with van der Waals surface area (Å²) in [5, 5.41) is 3.67. The number of aryl methyl sites for hydroxylation is 1. The van der Waals surface area contributed by atoms with Crippen LogP contribution in [0.2, 0.25) is 0 Å². The summed E-state index contributed by atoms with van der Waals surface area (Å²) in [6.45, 7) is 4.22. The molecule has 0 aliphatic heterocycles. The van der Waals surface area contributed by atoms with Gasteiger partial charge in [0.1, 0.15) is 11.2 Å². The molecule has 0 saturated heterocycles. The molecule has 1 N–H and O–H groups in total. The Balaban J connectivity index is 1.98. The molecule has 0 bridgehead atoms. The second-order valence-electron chi connectivity index (χ2n) is 5.63. The fourth-order valence-corrected chi connectivity index (χ4v) is 2.76. The van der Waals surface area contributed by atoms with E-state index in [4.69, 9.17) is 0 Å². The van der Waals surface area contributed by atoms with E-state index in [0.717, 1.165) is 10.9 Å². The maximum atomic E-state index is 12.6. The number of nitrogens with zero attached hydrogens (tertiary/aromatic N) is 2. The molecule has 1 amide bonds. The van der Waals surface area contributed by atoms with Crippen molar-refractivity contribution in [2.45, 2.75) is 26.4 Å². The molecule has 0 aliphatic rings. The van der Waals surface area contributed by atoms with E-state index in [9.17, 15) is 9.59 Å². The minimum atomic E-state index is -0.371. The Kier molecular flexibility index (Phi) is 4.42. The molecule has 0 aliphatic carbocycles. The van der Waals surface area contributed by atoms with Crippen LogP contribution in [-0.2, 0) is 6.54 Å². The molecule has 1 aromatic carbocycles. The van der Waals surface area contributed by atoms with Gasteiger partial charge in [0.05, 0.1) is 6.04 Å². The number of pyridine rings is 2. The van der Waals surface area contributed by atoms with Gasteiger partial charge in [-0.15, -0.1) is 0 Å². The lowest BCUT2D eigenvalue weighted by Gasteiger charge is -2.15. The van der Waals surface area contributed by atoms with Crippen molar-refractivity contribution in [1.29, 1.82) is 0 Å². The zero-order valence-corrected chi connectivity index (χ0v) is 13.7. The van der Waals surface area contributed by atoms with E-state index >= 15 is 0 Å². The van der Waals surface area contributed by atoms with Crippen LogP contribution < -0.4 is 10.9 Å². The van der Waals surface area contributed by atoms with Crippen molar-refractivity contribution in [3.05, 3.63) is 76.2 Å². The first-order valence-electron chi connectivity index (χ1n) is 7.96. The Bertz CT molecular complexity index is 932. The van der Waals surface area contributed by atoms with Crippen LogP contribution in [0.5, 0.6) is 0 Å². The van der Waals surface area contributed by atoms with E-state index in [0.29, 0.717) is 12.2 Å². The minimum Gasteiger partial charge on any atom is -0.345 e. The molecule has 3 aromatic rings. The number of aromatic nitrogens is 2. The number of hydrogen-bond acceptors (Lipinski definition) is 3. The molecule has 122 valence electrons.